The van der Waals surface area contributed by atoms with E-state index in [9.17, 15) is 17.6 Å². The highest BCUT2D eigenvalue weighted by Crippen LogP contribution is 2.15. The van der Waals surface area contributed by atoms with E-state index >= 15 is 0 Å². The van der Waals surface area contributed by atoms with Crippen molar-refractivity contribution in [3.8, 4) is 0 Å². The van der Waals surface area contributed by atoms with Crippen molar-refractivity contribution in [3.63, 3.8) is 0 Å². The van der Waals surface area contributed by atoms with Crippen molar-refractivity contribution >= 4 is 13.3 Å². The molecule has 0 amide bonds. The second-order valence-electron chi connectivity index (χ2n) is 4.01. The lowest BCUT2D eigenvalue weighted by Crippen LogP contribution is -2.41. The molecular weight excluding hydrogens is 212 g/mol. The highest BCUT2D eigenvalue weighted by Gasteiger charge is 2.27. The average Bonchev–Trinajstić information content (AvgIpc) is 2.06. The summed E-state index contributed by atoms with van der Waals surface area (Å²) in [5, 5.41) is -0.158. The van der Waals surface area contributed by atoms with Gasteiger partial charge in [0.05, 0.1) is 8.07 Å². The molecule has 0 spiro atoms. The molecule has 1 aromatic rings. The SMILES string of the molecule is C[Si](C)(C)c1[c]c(F)c(F)c(F)c1F. The van der Waals surface area contributed by atoms with E-state index in [0.717, 1.165) is 0 Å². The van der Waals surface area contributed by atoms with Gasteiger partial charge in [0, 0.05) is 6.07 Å². The molecule has 5 heteroatoms. The lowest BCUT2D eigenvalue weighted by atomic mass is 10.3. The average molecular weight is 221 g/mol. The first-order valence-electron chi connectivity index (χ1n) is 4.01. The minimum atomic E-state index is -2.24. The minimum absolute atomic E-state index is 0.158. The Labute approximate surface area is 80.6 Å². The number of hydrogen-bond acceptors (Lipinski definition) is 0. The maximum absolute atomic E-state index is 13.2. The van der Waals surface area contributed by atoms with E-state index in [1.807, 2.05) is 6.07 Å². The summed E-state index contributed by atoms with van der Waals surface area (Å²) in [5.74, 6) is -6.33. The third kappa shape index (κ3) is 1.82. The van der Waals surface area contributed by atoms with Crippen LogP contribution >= 0.6 is 0 Å². The predicted octanol–water partition coefficient (Wildman–Crippen LogP) is 2.59. The van der Waals surface area contributed by atoms with Gasteiger partial charge in [0.15, 0.2) is 23.3 Å². The Morgan fingerprint density at radius 3 is 1.79 bits per heavy atom. The Balaban J connectivity index is 3.49. The highest BCUT2D eigenvalue weighted by atomic mass is 28.3. The van der Waals surface area contributed by atoms with Crippen LogP contribution in [0.15, 0.2) is 0 Å². The molecule has 0 saturated heterocycles. The van der Waals surface area contributed by atoms with Crippen molar-refractivity contribution in [2.24, 2.45) is 0 Å². The fourth-order valence-electron chi connectivity index (χ4n) is 1.04. The van der Waals surface area contributed by atoms with Crippen LogP contribution in [-0.4, -0.2) is 8.07 Å². The molecule has 0 bridgehead atoms. The first-order chi connectivity index (χ1) is 6.25. The molecule has 0 aliphatic carbocycles. The van der Waals surface area contributed by atoms with Gasteiger partial charge in [-0.05, 0) is 5.19 Å². The van der Waals surface area contributed by atoms with E-state index in [0.29, 0.717) is 0 Å². The standard InChI is InChI=1S/C9H9F4Si/c1-14(2,3)6-4-5(10)7(11)9(13)8(6)12/h1-3H3. The van der Waals surface area contributed by atoms with Gasteiger partial charge in [-0.1, -0.05) is 19.6 Å². The molecule has 0 nitrogen and oxygen atoms in total. The normalized spacial score (nSPS) is 11.9. The molecular formula is C9H9F4Si. The summed E-state index contributed by atoms with van der Waals surface area (Å²) in [5.41, 5.74) is 0. The summed E-state index contributed by atoms with van der Waals surface area (Å²) in [7, 11) is -2.24. The topological polar surface area (TPSA) is 0 Å². The Morgan fingerprint density at radius 1 is 0.857 bits per heavy atom. The van der Waals surface area contributed by atoms with Crippen LogP contribution in [0.3, 0.4) is 0 Å². The second-order valence-corrected chi connectivity index (χ2v) is 9.01. The van der Waals surface area contributed by atoms with Crippen LogP contribution < -0.4 is 5.19 Å². The van der Waals surface area contributed by atoms with Gasteiger partial charge in [-0.3, -0.25) is 0 Å². The zero-order valence-corrected chi connectivity index (χ0v) is 9.01. The van der Waals surface area contributed by atoms with Gasteiger partial charge < -0.3 is 0 Å². The highest BCUT2D eigenvalue weighted by molar-refractivity contribution is 6.88. The van der Waals surface area contributed by atoms with Gasteiger partial charge in [-0.2, -0.15) is 0 Å². The van der Waals surface area contributed by atoms with Crippen LogP contribution in [0.5, 0.6) is 0 Å². The lowest BCUT2D eigenvalue weighted by Gasteiger charge is -2.17. The van der Waals surface area contributed by atoms with Gasteiger partial charge in [0.25, 0.3) is 0 Å². The zero-order chi connectivity index (χ0) is 11.1. The molecule has 0 aliphatic rings. The Morgan fingerprint density at radius 2 is 1.36 bits per heavy atom. The smallest absolute Gasteiger partial charge is 0.198 e. The fourth-order valence-corrected chi connectivity index (χ4v) is 2.29. The number of benzene rings is 1. The molecule has 0 atom stereocenters. The third-order valence-corrected chi connectivity index (χ3v) is 3.63. The van der Waals surface area contributed by atoms with Crippen LogP contribution in [0.25, 0.3) is 0 Å². The van der Waals surface area contributed by atoms with Gasteiger partial charge in [0.2, 0.25) is 0 Å². The fraction of sp³-hybridized carbons (Fsp3) is 0.333. The monoisotopic (exact) mass is 221 g/mol. The molecule has 0 aromatic heterocycles. The molecule has 0 aliphatic heterocycles. The van der Waals surface area contributed by atoms with Crippen molar-refractivity contribution in [2.45, 2.75) is 19.6 Å². The predicted molar refractivity (Wildman–Crippen MR) is 48.1 cm³/mol. The van der Waals surface area contributed by atoms with E-state index < -0.39 is 31.3 Å². The van der Waals surface area contributed by atoms with Gasteiger partial charge in [0.1, 0.15) is 0 Å². The molecule has 0 N–H and O–H groups in total. The summed E-state index contributed by atoms with van der Waals surface area (Å²) in [6.07, 6.45) is 0. The molecule has 1 rings (SSSR count). The summed E-state index contributed by atoms with van der Waals surface area (Å²) < 4.78 is 51.2. The minimum Gasteiger partial charge on any atom is -0.204 e. The Bertz CT molecular complexity index is 368. The molecule has 14 heavy (non-hydrogen) atoms. The van der Waals surface area contributed by atoms with Crippen molar-refractivity contribution in [3.05, 3.63) is 29.3 Å². The second kappa shape index (κ2) is 3.38. The van der Waals surface area contributed by atoms with Gasteiger partial charge in [-0.15, -0.1) is 0 Å². The zero-order valence-electron chi connectivity index (χ0n) is 8.01. The maximum atomic E-state index is 13.2. The maximum Gasteiger partial charge on any atom is 0.198 e. The summed E-state index contributed by atoms with van der Waals surface area (Å²) in [6.45, 7) is 5.08. The summed E-state index contributed by atoms with van der Waals surface area (Å²) >= 11 is 0. The largest absolute Gasteiger partial charge is 0.204 e. The van der Waals surface area contributed by atoms with E-state index in [-0.39, 0.29) is 5.19 Å². The quantitative estimate of drug-likeness (QED) is 0.296. The van der Waals surface area contributed by atoms with E-state index in [1.54, 1.807) is 19.6 Å². The molecule has 0 heterocycles. The Hall–Kier alpha value is -0.843. The van der Waals surface area contributed by atoms with Gasteiger partial charge in [-0.25, -0.2) is 17.6 Å². The number of rotatable bonds is 1. The van der Waals surface area contributed by atoms with E-state index in [2.05, 4.69) is 0 Å². The summed E-state index contributed by atoms with van der Waals surface area (Å²) in [6, 6.07) is 1.93. The number of hydrogen-bond donors (Lipinski definition) is 0. The van der Waals surface area contributed by atoms with Crippen molar-refractivity contribution in [1.29, 1.82) is 0 Å². The first-order valence-corrected chi connectivity index (χ1v) is 7.51. The lowest BCUT2D eigenvalue weighted by molar-refractivity contribution is 0.411. The van der Waals surface area contributed by atoms with Crippen molar-refractivity contribution in [1.82, 2.24) is 0 Å². The van der Waals surface area contributed by atoms with Crippen LogP contribution in [0, 0.1) is 29.3 Å². The van der Waals surface area contributed by atoms with Crippen LogP contribution in [0.1, 0.15) is 0 Å². The molecule has 1 aromatic carbocycles. The van der Waals surface area contributed by atoms with Crippen LogP contribution in [-0.2, 0) is 0 Å². The number of halogens is 4. The van der Waals surface area contributed by atoms with Crippen LogP contribution in [0.4, 0.5) is 17.6 Å². The Kier molecular flexibility index (Phi) is 2.71. The third-order valence-electron chi connectivity index (χ3n) is 1.78. The summed E-state index contributed by atoms with van der Waals surface area (Å²) in [4.78, 5) is 0. The van der Waals surface area contributed by atoms with Crippen LogP contribution in [0.2, 0.25) is 19.6 Å². The van der Waals surface area contributed by atoms with Crippen molar-refractivity contribution in [2.75, 3.05) is 0 Å². The molecule has 0 fully saturated rings. The first kappa shape index (κ1) is 11.2. The molecule has 77 valence electrons. The van der Waals surface area contributed by atoms with E-state index in [4.69, 9.17) is 0 Å². The van der Waals surface area contributed by atoms with Crippen molar-refractivity contribution < 1.29 is 17.6 Å². The molecule has 1 radical (unpaired) electrons. The molecule has 0 unspecified atom stereocenters. The van der Waals surface area contributed by atoms with Gasteiger partial charge >= 0.3 is 0 Å². The van der Waals surface area contributed by atoms with E-state index in [1.165, 1.54) is 0 Å². The molecule has 0 saturated carbocycles.